The number of pyridine rings is 1. The van der Waals surface area contributed by atoms with Crippen molar-refractivity contribution in [1.29, 1.82) is 0 Å². The Kier molecular flexibility index (Phi) is 3.71. The maximum absolute atomic E-state index is 12.3. The van der Waals surface area contributed by atoms with Gasteiger partial charge < -0.3 is 5.32 Å². The first-order chi connectivity index (χ1) is 8.94. The highest BCUT2D eigenvalue weighted by molar-refractivity contribution is 9.10. The summed E-state index contributed by atoms with van der Waals surface area (Å²) >= 11 is 3.19. The van der Waals surface area contributed by atoms with Crippen molar-refractivity contribution in [2.45, 2.75) is 4.90 Å². The Labute approximate surface area is 118 Å². The van der Waals surface area contributed by atoms with Crippen LogP contribution < -0.4 is 10.0 Å². The highest BCUT2D eigenvalue weighted by atomic mass is 79.9. The van der Waals surface area contributed by atoms with Gasteiger partial charge in [0, 0.05) is 24.8 Å². The smallest absolute Gasteiger partial charge is 0.267 e. The molecule has 0 fully saturated rings. The van der Waals surface area contributed by atoms with E-state index in [4.69, 9.17) is 0 Å². The van der Waals surface area contributed by atoms with Crippen molar-refractivity contribution < 1.29 is 8.42 Å². The fourth-order valence-electron chi connectivity index (χ4n) is 1.38. The number of nitrogens with one attached hydrogen (secondary N) is 2. The van der Waals surface area contributed by atoms with Gasteiger partial charge in [0.1, 0.15) is 17.0 Å². The molecule has 0 unspecified atom stereocenters. The van der Waals surface area contributed by atoms with Crippen molar-refractivity contribution >= 4 is 37.7 Å². The molecule has 0 saturated carbocycles. The second-order valence-corrected chi connectivity index (χ2v) is 6.13. The van der Waals surface area contributed by atoms with Gasteiger partial charge in [0.2, 0.25) is 5.95 Å². The number of anilines is 2. The number of hydrogen-bond donors (Lipinski definition) is 2. The molecular weight excluding hydrogens is 336 g/mol. The summed E-state index contributed by atoms with van der Waals surface area (Å²) < 4.78 is 28.8. The Hall–Kier alpha value is -1.68. The number of aromatic nitrogens is 4. The molecule has 0 aliphatic heterocycles. The minimum absolute atomic E-state index is 0.0207. The van der Waals surface area contributed by atoms with Crippen LogP contribution in [0.25, 0.3) is 0 Å². The van der Waals surface area contributed by atoms with E-state index in [0.29, 0.717) is 4.47 Å². The predicted octanol–water partition coefficient (Wildman–Crippen LogP) is 0.815. The van der Waals surface area contributed by atoms with Crippen LogP contribution in [-0.4, -0.2) is 35.2 Å². The summed E-state index contributed by atoms with van der Waals surface area (Å²) in [5, 5.41) is 6.52. The van der Waals surface area contributed by atoms with Crippen LogP contribution in [0.5, 0.6) is 0 Å². The van der Waals surface area contributed by atoms with Crippen LogP contribution in [0, 0.1) is 0 Å². The number of nitrogens with zero attached hydrogens (tertiary/aromatic N) is 4. The summed E-state index contributed by atoms with van der Waals surface area (Å²) in [5.41, 5.74) is 0. The minimum atomic E-state index is -3.80. The summed E-state index contributed by atoms with van der Waals surface area (Å²) in [4.78, 5) is 7.83. The van der Waals surface area contributed by atoms with Crippen molar-refractivity contribution in [3.63, 3.8) is 0 Å². The monoisotopic (exact) mass is 346 g/mol. The van der Waals surface area contributed by atoms with Gasteiger partial charge in [-0.2, -0.15) is 10.1 Å². The highest BCUT2D eigenvalue weighted by Gasteiger charge is 2.21. The van der Waals surface area contributed by atoms with Gasteiger partial charge in [0.25, 0.3) is 10.0 Å². The lowest BCUT2D eigenvalue weighted by Gasteiger charge is -2.10. The lowest BCUT2D eigenvalue weighted by atomic mass is 10.4. The fraction of sp³-hybridized carbons (Fsp3) is 0.222. The molecule has 2 rings (SSSR count). The number of sulfonamides is 1. The molecule has 0 radical (unpaired) electrons. The van der Waals surface area contributed by atoms with E-state index in [9.17, 15) is 8.42 Å². The van der Waals surface area contributed by atoms with Crippen LogP contribution >= 0.6 is 15.9 Å². The molecule has 0 amide bonds. The van der Waals surface area contributed by atoms with Gasteiger partial charge in [-0.25, -0.2) is 22.8 Å². The summed E-state index contributed by atoms with van der Waals surface area (Å²) in [7, 11) is -0.618. The van der Waals surface area contributed by atoms with Crippen molar-refractivity contribution in [3.05, 3.63) is 23.1 Å². The summed E-state index contributed by atoms with van der Waals surface area (Å²) in [6.07, 6.45) is 2.77. The topological polar surface area (TPSA) is 102 Å². The van der Waals surface area contributed by atoms with E-state index in [1.165, 1.54) is 23.3 Å². The van der Waals surface area contributed by atoms with E-state index in [2.05, 4.69) is 41.0 Å². The molecular formula is C9H11BrN6O2S. The second kappa shape index (κ2) is 5.13. The second-order valence-electron chi connectivity index (χ2n) is 3.56. The molecule has 0 spiro atoms. The molecule has 0 aromatic carbocycles. The first kappa shape index (κ1) is 13.7. The molecule has 2 heterocycles. The van der Waals surface area contributed by atoms with Crippen LogP contribution in [-0.2, 0) is 17.1 Å². The molecule has 2 aromatic rings. The summed E-state index contributed by atoms with van der Waals surface area (Å²) in [6.45, 7) is 0. The molecule has 10 heteroatoms. The van der Waals surface area contributed by atoms with E-state index in [1.807, 2.05) is 0 Å². The lowest BCUT2D eigenvalue weighted by molar-refractivity contribution is 0.600. The Morgan fingerprint density at radius 1 is 1.37 bits per heavy atom. The lowest BCUT2D eigenvalue weighted by Crippen LogP contribution is -2.18. The number of aryl methyl sites for hydroxylation is 1. The third kappa shape index (κ3) is 2.84. The zero-order valence-electron chi connectivity index (χ0n) is 10.1. The molecule has 0 aliphatic carbocycles. The van der Waals surface area contributed by atoms with Crippen LogP contribution in [0.4, 0.5) is 11.8 Å². The first-order valence-electron chi connectivity index (χ1n) is 5.14. The molecule has 0 saturated heterocycles. The molecule has 19 heavy (non-hydrogen) atoms. The Bertz CT molecular complexity index is 698. The number of hydrogen-bond acceptors (Lipinski definition) is 6. The number of rotatable bonds is 4. The summed E-state index contributed by atoms with van der Waals surface area (Å²) in [5.74, 6) is 0.375. The zero-order valence-corrected chi connectivity index (χ0v) is 12.5. The standard InChI is InChI=1S/C9H11BrN6O2S/c1-11-8-7(3-6(10)4-12-8)19(17,18)15-9-13-5-14-16(9)2/h3-5H,1-2H3,(H,11,12)(H,13,14,15). The van der Waals surface area contributed by atoms with Crippen molar-refractivity contribution in [2.24, 2.45) is 7.05 Å². The largest absolute Gasteiger partial charge is 0.372 e. The molecule has 102 valence electrons. The van der Waals surface area contributed by atoms with Gasteiger partial charge in [-0.1, -0.05) is 0 Å². The van der Waals surface area contributed by atoms with E-state index in [0.717, 1.165) is 0 Å². The minimum Gasteiger partial charge on any atom is -0.372 e. The van der Waals surface area contributed by atoms with E-state index in [-0.39, 0.29) is 16.7 Å². The van der Waals surface area contributed by atoms with E-state index in [1.54, 1.807) is 14.1 Å². The zero-order chi connectivity index (χ0) is 14.0. The Morgan fingerprint density at radius 3 is 2.68 bits per heavy atom. The molecule has 2 N–H and O–H groups in total. The van der Waals surface area contributed by atoms with Gasteiger partial charge in [-0.15, -0.1) is 0 Å². The van der Waals surface area contributed by atoms with Crippen LogP contribution in [0.2, 0.25) is 0 Å². The van der Waals surface area contributed by atoms with Crippen LogP contribution in [0.1, 0.15) is 0 Å². The maximum Gasteiger partial charge on any atom is 0.267 e. The molecule has 8 nitrogen and oxygen atoms in total. The predicted molar refractivity (Wildman–Crippen MR) is 73.3 cm³/mol. The normalized spacial score (nSPS) is 11.3. The molecule has 2 aromatic heterocycles. The van der Waals surface area contributed by atoms with Gasteiger partial charge in [-0.05, 0) is 22.0 Å². The quantitative estimate of drug-likeness (QED) is 0.849. The Balaban J connectivity index is 2.45. The SMILES string of the molecule is CNc1ncc(Br)cc1S(=O)(=O)Nc1ncnn1C. The number of halogens is 1. The van der Waals surface area contributed by atoms with E-state index >= 15 is 0 Å². The fourth-order valence-corrected chi connectivity index (χ4v) is 3.09. The van der Waals surface area contributed by atoms with Crippen molar-refractivity contribution in [2.75, 3.05) is 17.1 Å². The summed E-state index contributed by atoms with van der Waals surface area (Å²) in [6, 6.07) is 1.46. The van der Waals surface area contributed by atoms with Crippen molar-refractivity contribution in [3.8, 4) is 0 Å². The van der Waals surface area contributed by atoms with Gasteiger partial charge in [-0.3, -0.25) is 0 Å². The third-order valence-corrected chi connectivity index (χ3v) is 4.06. The molecule has 0 aliphatic rings. The maximum atomic E-state index is 12.3. The molecule has 0 atom stereocenters. The van der Waals surface area contributed by atoms with Crippen LogP contribution in [0.3, 0.4) is 0 Å². The highest BCUT2D eigenvalue weighted by Crippen LogP contribution is 2.24. The third-order valence-electron chi connectivity index (χ3n) is 2.28. The van der Waals surface area contributed by atoms with Gasteiger partial charge in [0.05, 0.1) is 0 Å². The Morgan fingerprint density at radius 2 is 2.11 bits per heavy atom. The average molecular weight is 347 g/mol. The average Bonchev–Trinajstić information content (AvgIpc) is 2.74. The van der Waals surface area contributed by atoms with Gasteiger partial charge in [0.15, 0.2) is 0 Å². The van der Waals surface area contributed by atoms with Gasteiger partial charge >= 0.3 is 0 Å². The molecule has 0 bridgehead atoms. The van der Waals surface area contributed by atoms with Crippen molar-refractivity contribution in [1.82, 2.24) is 19.7 Å². The first-order valence-corrected chi connectivity index (χ1v) is 7.42. The van der Waals surface area contributed by atoms with E-state index < -0.39 is 10.0 Å². The van der Waals surface area contributed by atoms with Crippen LogP contribution in [0.15, 0.2) is 28.0 Å².